The molecule has 4 aromatic heterocycles. The number of halogens is 1. The summed E-state index contributed by atoms with van der Waals surface area (Å²) in [6.45, 7) is 0.182. The minimum Gasteiger partial charge on any atom is -0.505 e. The van der Waals surface area contributed by atoms with Crippen molar-refractivity contribution in [2.75, 3.05) is 0 Å². The molecular formula is C25H18ClN5O3S. The van der Waals surface area contributed by atoms with Crippen LogP contribution in [-0.4, -0.2) is 29.4 Å². The Morgan fingerprint density at radius 3 is 2.89 bits per heavy atom. The molecule has 0 amide bonds. The van der Waals surface area contributed by atoms with Gasteiger partial charge >= 0.3 is 0 Å². The zero-order chi connectivity index (χ0) is 23.8. The molecule has 35 heavy (non-hydrogen) atoms. The summed E-state index contributed by atoms with van der Waals surface area (Å²) < 4.78 is 9.51. The number of aromatic nitrogens is 5. The Balaban J connectivity index is 1.59. The second-order valence-corrected chi connectivity index (χ2v) is 10.3. The number of nitrogens with zero attached hydrogens (tertiary/aromatic N) is 5. The number of thiophene rings is 1. The fourth-order valence-corrected chi connectivity index (χ4v) is 6.08. The van der Waals surface area contributed by atoms with Gasteiger partial charge in [-0.2, -0.15) is 5.10 Å². The maximum atomic E-state index is 14.0. The predicted octanol–water partition coefficient (Wildman–Crippen LogP) is 5.44. The summed E-state index contributed by atoms with van der Waals surface area (Å²) in [6.07, 6.45) is 7.01. The Labute approximate surface area is 207 Å². The number of aromatic hydroxyl groups is 1. The highest BCUT2D eigenvalue weighted by Crippen LogP contribution is 2.46. The Kier molecular flexibility index (Phi) is 4.37. The van der Waals surface area contributed by atoms with Crippen LogP contribution in [0.3, 0.4) is 0 Å². The van der Waals surface area contributed by atoms with E-state index in [0.29, 0.717) is 37.8 Å². The highest BCUT2D eigenvalue weighted by Gasteiger charge is 2.30. The summed E-state index contributed by atoms with van der Waals surface area (Å²) in [6, 6.07) is 7.60. The van der Waals surface area contributed by atoms with E-state index in [1.807, 2.05) is 17.9 Å². The third kappa shape index (κ3) is 3.11. The third-order valence-electron chi connectivity index (χ3n) is 6.66. The van der Waals surface area contributed by atoms with Gasteiger partial charge in [0.25, 0.3) is 5.56 Å². The Hall–Kier alpha value is -3.69. The number of hydrogen-bond donors (Lipinski definition) is 1. The number of hydrogen-bond acceptors (Lipinski definition) is 7. The van der Waals surface area contributed by atoms with Gasteiger partial charge < -0.3 is 9.52 Å². The van der Waals surface area contributed by atoms with Gasteiger partial charge in [0.05, 0.1) is 39.6 Å². The first kappa shape index (κ1) is 20.7. The molecule has 0 saturated heterocycles. The highest BCUT2D eigenvalue weighted by molar-refractivity contribution is 7.25. The first-order valence-electron chi connectivity index (χ1n) is 11.2. The van der Waals surface area contributed by atoms with E-state index in [2.05, 4.69) is 22.2 Å². The monoisotopic (exact) mass is 503 g/mol. The van der Waals surface area contributed by atoms with Gasteiger partial charge in [0.15, 0.2) is 12.1 Å². The minimum absolute atomic E-state index is 0.0372. The molecule has 4 heterocycles. The lowest BCUT2D eigenvalue weighted by molar-refractivity contribution is 0.482. The molecule has 0 atom stereocenters. The van der Waals surface area contributed by atoms with E-state index >= 15 is 0 Å². The van der Waals surface area contributed by atoms with Crippen molar-refractivity contribution in [2.24, 2.45) is 7.05 Å². The molecule has 10 heteroatoms. The molecule has 0 spiro atoms. The van der Waals surface area contributed by atoms with Gasteiger partial charge in [-0.3, -0.25) is 14.0 Å². The lowest BCUT2D eigenvalue weighted by Gasteiger charge is -2.15. The van der Waals surface area contributed by atoms with E-state index in [-0.39, 0.29) is 22.9 Å². The lowest BCUT2D eigenvalue weighted by atomic mass is 9.99. The number of rotatable bonds is 4. The van der Waals surface area contributed by atoms with Crippen molar-refractivity contribution in [1.82, 2.24) is 24.3 Å². The molecule has 0 unspecified atom stereocenters. The van der Waals surface area contributed by atoms with Crippen LogP contribution >= 0.6 is 22.9 Å². The number of phenols is 1. The summed E-state index contributed by atoms with van der Waals surface area (Å²) in [4.78, 5) is 23.6. The van der Waals surface area contributed by atoms with Gasteiger partial charge in [0.2, 0.25) is 0 Å². The summed E-state index contributed by atoms with van der Waals surface area (Å²) in [5, 5.41) is 17.4. The average Bonchev–Trinajstić information content (AvgIpc) is 3.26. The Morgan fingerprint density at radius 1 is 1.26 bits per heavy atom. The van der Waals surface area contributed by atoms with Crippen LogP contribution in [0.2, 0.25) is 5.02 Å². The Morgan fingerprint density at radius 2 is 2.11 bits per heavy atom. The van der Waals surface area contributed by atoms with E-state index < -0.39 is 0 Å². The Bertz CT molecular complexity index is 1850. The quantitative estimate of drug-likeness (QED) is 0.344. The van der Waals surface area contributed by atoms with Crippen molar-refractivity contribution < 1.29 is 9.52 Å². The molecule has 7 rings (SSSR count). The summed E-state index contributed by atoms with van der Waals surface area (Å²) >= 11 is 7.42. The molecule has 0 aliphatic heterocycles. The molecule has 1 aliphatic rings. The normalized spacial score (nSPS) is 14.0. The number of phenolic OH excluding ortho intramolecular Hbond substituents is 1. The van der Waals surface area contributed by atoms with Crippen LogP contribution in [-0.2, 0) is 13.6 Å². The molecule has 0 bridgehead atoms. The molecule has 1 saturated carbocycles. The fourth-order valence-electron chi connectivity index (χ4n) is 4.75. The zero-order valence-electron chi connectivity index (χ0n) is 18.5. The molecule has 0 radical (unpaired) electrons. The van der Waals surface area contributed by atoms with E-state index in [0.717, 1.165) is 34.9 Å². The second kappa shape index (κ2) is 7.40. The van der Waals surface area contributed by atoms with Gasteiger partial charge in [-0.15, -0.1) is 11.3 Å². The van der Waals surface area contributed by atoms with Crippen molar-refractivity contribution in [3.05, 3.63) is 69.8 Å². The van der Waals surface area contributed by atoms with Gasteiger partial charge in [-0.1, -0.05) is 17.7 Å². The van der Waals surface area contributed by atoms with Crippen molar-refractivity contribution in [3.63, 3.8) is 0 Å². The van der Waals surface area contributed by atoms with E-state index in [9.17, 15) is 9.90 Å². The summed E-state index contributed by atoms with van der Waals surface area (Å²) in [5.41, 5.74) is 2.82. The average molecular weight is 504 g/mol. The van der Waals surface area contributed by atoms with Gasteiger partial charge in [0, 0.05) is 23.4 Å². The first-order valence-corrected chi connectivity index (χ1v) is 12.4. The largest absolute Gasteiger partial charge is 0.505 e. The maximum Gasteiger partial charge on any atom is 0.263 e. The first-order chi connectivity index (χ1) is 17.0. The van der Waals surface area contributed by atoms with Crippen LogP contribution in [0.15, 0.2) is 52.3 Å². The van der Waals surface area contributed by atoms with Gasteiger partial charge in [0.1, 0.15) is 16.4 Å². The zero-order valence-corrected chi connectivity index (χ0v) is 20.1. The van der Waals surface area contributed by atoms with Crippen molar-refractivity contribution in [2.45, 2.75) is 25.3 Å². The predicted molar refractivity (Wildman–Crippen MR) is 135 cm³/mol. The molecule has 1 N–H and O–H groups in total. The number of aryl methyl sites for hydroxylation is 1. The molecular weight excluding hydrogens is 486 g/mol. The smallest absolute Gasteiger partial charge is 0.263 e. The number of fused-ring (bicyclic) bond motifs is 4. The van der Waals surface area contributed by atoms with Gasteiger partial charge in [-0.05, 0) is 42.5 Å². The van der Waals surface area contributed by atoms with E-state index in [4.69, 9.17) is 21.0 Å². The minimum atomic E-state index is -0.207. The molecule has 6 aromatic rings. The van der Waals surface area contributed by atoms with E-state index in [1.165, 1.54) is 17.7 Å². The summed E-state index contributed by atoms with van der Waals surface area (Å²) in [7, 11) is 1.90. The van der Waals surface area contributed by atoms with Crippen LogP contribution in [0.4, 0.5) is 0 Å². The van der Waals surface area contributed by atoms with Crippen molar-refractivity contribution in [3.8, 4) is 17.1 Å². The molecule has 1 fully saturated rings. The van der Waals surface area contributed by atoms with Crippen molar-refractivity contribution >= 4 is 54.1 Å². The lowest BCUT2D eigenvalue weighted by Crippen LogP contribution is -2.24. The number of benzene rings is 2. The third-order valence-corrected chi connectivity index (χ3v) is 8.07. The maximum absolute atomic E-state index is 14.0. The topological polar surface area (TPSA) is 99.0 Å². The summed E-state index contributed by atoms with van der Waals surface area (Å²) in [5.74, 6) is 1.49. The van der Waals surface area contributed by atoms with Crippen LogP contribution < -0.4 is 5.56 Å². The second-order valence-electron chi connectivity index (χ2n) is 8.89. The van der Waals surface area contributed by atoms with Crippen LogP contribution in [0.1, 0.15) is 30.1 Å². The van der Waals surface area contributed by atoms with Crippen LogP contribution in [0.5, 0.6) is 5.75 Å². The van der Waals surface area contributed by atoms with Gasteiger partial charge in [-0.25, -0.2) is 9.97 Å². The molecule has 2 aromatic carbocycles. The molecule has 8 nitrogen and oxygen atoms in total. The SMILES string of the molecule is Cn1ncc2cc(C3CC3)c(-c3nc4sc5c(O)c(Cl)ccc5c4c(=O)n3Cc3cnco3)cc21. The highest BCUT2D eigenvalue weighted by atomic mass is 35.5. The standard InChI is InChI=1S/C25H18ClN5O3S/c1-30-19-7-17(16(12-2-3-12)6-13(19)8-28-30)23-29-24-20(15-4-5-18(26)21(32)22(15)35-24)25(33)31(23)10-14-9-27-11-34-14/h4-9,11-12,32H,2-3,10H2,1H3. The molecule has 1 aliphatic carbocycles. The number of oxazole rings is 1. The van der Waals surface area contributed by atoms with Crippen LogP contribution in [0, 0.1) is 0 Å². The van der Waals surface area contributed by atoms with E-state index in [1.54, 1.807) is 22.9 Å². The molecule has 174 valence electrons. The van der Waals surface area contributed by atoms with Crippen molar-refractivity contribution in [1.29, 1.82) is 0 Å². The van der Waals surface area contributed by atoms with Crippen LogP contribution in [0.25, 0.3) is 42.6 Å². The fraction of sp³-hybridized carbons (Fsp3) is 0.200.